The highest BCUT2D eigenvalue weighted by atomic mass is 16.7. The predicted molar refractivity (Wildman–Crippen MR) is 343 cm³/mol. The minimum Gasteiger partial charge on any atom is -0.399 e. The Kier molecular flexibility index (Phi) is 13.1. The molecule has 6 aliphatic heterocycles. The van der Waals surface area contributed by atoms with Gasteiger partial charge in [-0.2, -0.15) is 0 Å². The molecule has 12 nitrogen and oxygen atoms in total. The summed E-state index contributed by atoms with van der Waals surface area (Å²) in [6, 6.07) is 42.5. The zero-order valence-corrected chi connectivity index (χ0v) is 51.3. The number of nitrogens with zero attached hydrogens (tertiary/aromatic N) is 2. The number of H-pyrrole nitrogens is 2. The van der Waals surface area contributed by atoms with E-state index in [2.05, 4.69) is 266 Å². The minimum absolute atomic E-state index is 0.483. The van der Waals surface area contributed by atoms with Crippen LogP contribution in [0.25, 0.3) is 90.9 Å². The fraction of sp³-hybridized carbons (Fsp3) is 0.353. The Morgan fingerprint density at radius 1 is 0.250 bits per heavy atom. The van der Waals surface area contributed by atoms with Crippen molar-refractivity contribution in [2.75, 3.05) is 0 Å². The lowest BCUT2D eigenvalue weighted by atomic mass is 9.78. The first-order valence-electron chi connectivity index (χ1n) is 29.5. The molecule has 4 fully saturated rings. The molecule has 84 heavy (non-hydrogen) atoms. The molecule has 8 bridgehead atoms. The maximum Gasteiger partial charge on any atom is 0.494 e. The molecule has 426 valence electrons. The topological polar surface area (TPSA) is 131 Å². The molecule has 9 heterocycles. The number of benzene rings is 4. The molecule has 0 saturated carbocycles. The van der Waals surface area contributed by atoms with Gasteiger partial charge in [0.15, 0.2) is 0 Å². The van der Waals surface area contributed by atoms with E-state index in [4.69, 9.17) is 47.2 Å². The van der Waals surface area contributed by atoms with E-state index in [0.29, 0.717) is 0 Å². The number of rotatable bonds is 8. The van der Waals surface area contributed by atoms with E-state index in [1.54, 1.807) is 0 Å². The van der Waals surface area contributed by atoms with E-state index in [1.807, 2.05) is 0 Å². The lowest BCUT2D eigenvalue weighted by Crippen LogP contribution is -2.41. The maximum absolute atomic E-state index is 6.52. The molecule has 3 aromatic heterocycles. The second-order valence-corrected chi connectivity index (χ2v) is 27.3. The van der Waals surface area contributed by atoms with Gasteiger partial charge in [-0.05, 0) is 203 Å². The van der Waals surface area contributed by atoms with Crippen LogP contribution >= 0.6 is 0 Å². The van der Waals surface area contributed by atoms with E-state index in [0.717, 1.165) is 111 Å². The molecule has 4 saturated heterocycles. The summed E-state index contributed by atoms with van der Waals surface area (Å²) in [5.41, 5.74) is 14.2. The van der Waals surface area contributed by atoms with Gasteiger partial charge < -0.3 is 47.2 Å². The quantitative estimate of drug-likeness (QED) is 0.142. The molecule has 16 heteroatoms. The second kappa shape index (κ2) is 19.5. The van der Waals surface area contributed by atoms with Crippen LogP contribution in [0, 0.1) is 0 Å². The molecule has 7 aromatic rings. The van der Waals surface area contributed by atoms with Crippen LogP contribution in [0.1, 0.15) is 134 Å². The van der Waals surface area contributed by atoms with Crippen LogP contribution in [0.15, 0.2) is 121 Å². The second-order valence-electron chi connectivity index (χ2n) is 27.3. The van der Waals surface area contributed by atoms with Gasteiger partial charge >= 0.3 is 28.5 Å². The predicted octanol–water partition coefficient (Wildman–Crippen LogP) is 12.5. The van der Waals surface area contributed by atoms with Gasteiger partial charge in [-0.15, -0.1) is 0 Å². The number of aromatic nitrogens is 4. The van der Waals surface area contributed by atoms with E-state index >= 15 is 0 Å². The molecular weight excluding hydrogens is 1040 g/mol. The number of hydrogen-bond acceptors (Lipinski definition) is 10. The van der Waals surface area contributed by atoms with E-state index in [-0.39, 0.29) is 0 Å². The van der Waals surface area contributed by atoms with Gasteiger partial charge in [0.05, 0.1) is 67.6 Å². The van der Waals surface area contributed by atoms with Crippen LogP contribution in [0.5, 0.6) is 0 Å². The summed E-state index contributed by atoms with van der Waals surface area (Å²) >= 11 is 0. The van der Waals surface area contributed by atoms with Crippen molar-refractivity contribution < 1.29 is 37.2 Å². The van der Waals surface area contributed by atoms with E-state index in [1.165, 1.54) is 0 Å². The van der Waals surface area contributed by atoms with Crippen LogP contribution in [-0.4, -0.2) is 93.2 Å². The van der Waals surface area contributed by atoms with Crippen LogP contribution in [0.4, 0.5) is 0 Å². The highest BCUT2D eigenvalue weighted by Gasteiger charge is 2.55. The molecule has 0 aliphatic carbocycles. The summed E-state index contributed by atoms with van der Waals surface area (Å²) in [7, 11) is -2.06. The first-order chi connectivity index (χ1) is 39.5. The molecule has 0 atom stereocenters. The smallest absolute Gasteiger partial charge is 0.399 e. The van der Waals surface area contributed by atoms with Gasteiger partial charge in [-0.1, -0.05) is 97.1 Å². The highest BCUT2D eigenvalue weighted by Crippen LogP contribution is 2.43. The first-order valence-corrected chi connectivity index (χ1v) is 29.5. The van der Waals surface area contributed by atoms with Gasteiger partial charge in [-0.25, -0.2) is 9.97 Å². The van der Waals surface area contributed by atoms with Crippen molar-refractivity contribution in [1.82, 2.24) is 19.9 Å². The average Bonchev–Trinajstić information content (AvgIpc) is 3.54. The molecule has 0 radical (unpaired) electrons. The molecule has 4 aromatic carbocycles. The molecule has 13 rings (SSSR count). The third kappa shape index (κ3) is 9.52. The number of fused-ring (bicyclic) bond motifs is 8. The van der Waals surface area contributed by atoms with Crippen LogP contribution < -0.4 is 21.9 Å². The normalized spacial score (nSPS) is 21.0. The standard InChI is InChI=1S/C68H74B4N4O8/c1-61(2)62(3,4)78-69(77-61)45-25-17-41(18-26-45)57-49-33-35-51(73-49)58(42-19-27-46(28-20-42)70-79-63(5,6)64(7,8)80-70)53-37-39-55(75-53)60(44-23-31-48(32-24-44)72-83-67(13,14)68(15,16)84-72)56-40-38-54(76-56)59(52-36-34-50(57)74-52)43-21-29-47(30-22-43)71-81-65(9,10)66(11,12)82-71/h17-40,73,76H,1-16H3. The molecule has 2 N–H and O–H groups in total. The SMILES string of the molecule is CC1(C)OB(c2ccc(-c3c4nc(c(-c5ccc(B6OC(C)(C)C(C)(C)O6)cc5)c5ccc([nH]5)c(-c5ccc(B6OC(C)(C)C(C)(C)O6)cc5)c5nc(c(-c6ccc(B7OC(C)(C)C(C)(C)O7)cc6)c6ccc3[nH]6)C=C5)C=C4)cc2)OC1(C)C. The number of aromatic amines is 2. The van der Waals surface area contributed by atoms with E-state index in [9.17, 15) is 0 Å². The Morgan fingerprint density at radius 3 is 0.583 bits per heavy atom. The molecular formula is C68H74B4N4O8. The monoisotopic (exact) mass is 1120 g/mol. The Balaban J connectivity index is 1.04. The minimum atomic E-state index is -0.514. The first kappa shape index (κ1) is 56.5. The van der Waals surface area contributed by atoms with Crippen LogP contribution in [0.3, 0.4) is 0 Å². The number of hydrogen-bond donors (Lipinski definition) is 2. The van der Waals surface area contributed by atoms with Crippen molar-refractivity contribution in [3.05, 3.63) is 144 Å². The summed E-state index contributed by atoms with van der Waals surface area (Å²) < 4.78 is 52.2. The Labute approximate surface area is 495 Å². The van der Waals surface area contributed by atoms with Crippen molar-refractivity contribution in [2.24, 2.45) is 0 Å². The van der Waals surface area contributed by atoms with Gasteiger partial charge in [-0.3, -0.25) is 0 Å². The van der Waals surface area contributed by atoms with Crippen molar-refractivity contribution in [3.8, 4) is 44.5 Å². The summed E-state index contributed by atoms with van der Waals surface area (Å²) in [4.78, 5) is 19.1. The highest BCUT2D eigenvalue weighted by molar-refractivity contribution is 6.63. The van der Waals surface area contributed by atoms with Crippen molar-refractivity contribution >= 4 is 96.7 Å². The summed E-state index contributed by atoms with van der Waals surface area (Å²) in [5.74, 6) is 0. The fourth-order valence-corrected chi connectivity index (χ4v) is 11.6. The molecule has 6 aliphatic rings. The lowest BCUT2D eigenvalue weighted by molar-refractivity contribution is 0.00578. The van der Waals surface area contributed by atoms with Gasteiger partial charge in [0.1, 0.15) is 0 Å². The molecule has 0 amide bonds. The summed E-state index contributed by atoms with van der Waals surface area (Å²) in [6.07, 6.45) is 8.49. The summed E-state index contributed by atoms with van der Waals surface area (Å²) in [5, 5.41) is 0. The Hall–Kier alpha value is -6.58. The van der Waals surface area contributed by atoms with Gasteiger partial charge in [0, 0.05) is 44.3 Å². The fourth-order valence-electron chi connectivity index (χ4n) is 11.6. The Bertz CT molecular complexity index is 3440. The summed E-state index contributed by atoms with van der Waals surface area (Å²) in [6.45, 7) is 33.3. The lowest BCUT2D eigenvalue weighted by Gasteiger charge is -2.32. The largest absolute Gasteiger partial charge is 0.494 e. The zero-order chi connectivity index (χ0) is 59.3. The average molecular weight is 1120 g/mol. The Morgan fingerprint density at radius 2 is 0.417 bits per heavy atom. The van der Waals surface area contributed by atoms with Gasteiger partial charge in [0.2, 0.25) is 0 Å². The van der Waals surface area contributed by atoms with Crippen molar-refractivity contribution in [2.45, 2.75) is 156 Å². The third-order valence-electron chi connectivity index (χ3n) is 19.7. The maximum atomic E-state index is 6.52. The van der Waals surface area contributed by atoms with Crippen LogP contribution in [-0.2, 0) is 37.2 Å². The van der Waals surface area contributed by atoms with Crippen molar-refractivity contribution in [3.63, 3.8) is 0 Å². The molecule has 0 unspecified atom stereocenters. The van der Waals surface area contributed by atoms with E-state index < -0.39 is 73.3 Å². The zero-order valence-electron chi connectivity index (χ0n) is 51.3. The van der Waals surface area contributed by atoms with Crippen LogP contribution in [0.2, 0.25) is 0 Å². The van der Waals surface area contributed by atoms with Crippen molar-refractivity contribution in [1.29, 1.82) is 0 Å². The molecule has 0 spiro atoms. The third-order valence-corrected chi connectivity index (χ3v) is 19.7. The number of nitrogens with one attached hydrogen (secondary N) is 2. The van der Waals surface area contributed by atoms with Gasteiger partial charge in [0.25, 0.3) is 0 Å².